The Kier molecular flexibility index (Phi) is 12.3. The van der Waals surface area contributed by atoms with Gasteiger partial charge in [0, 0.05) is 11.3 Å². The third-order valence-corrected chi connectivity index (χ3v) is 5.51. The fourth-order valence-electron chi connectivity index (χ4n) is 3.58. The molecular formula is C27H39NO3. The summed E-state index contributed by atoms with van der Waals surface area (Å²) in [4.78, 5) is 12.3. The normalized spacial score (nSPS) is 10.7. The maximum atomic E-state index is 12.3. The lowest BCUT2D eigenvalue weighted by molar-refractivity contribution is 0.102. The second-order valence-corrected chi connectivity index (χ2v) is 8.26. The van der Waals surface area contributed by atoms with Crippen LogP contribution in [0.4, 0.5) is 5.69 Å². The highest BCUT2D eigenvalue weighted by Gasteiger charge is 2.06. The van der Waals surface area contributed by atoms with Crippen LogP contribution in [0, 0.1) is 0 Å². The zero-order chi connectivity index (χ0) is 22.2. The molecule has 2 rings (SSSR count). The SMILES string of the molecule is CCCCCCCCCCCCCCOc1ccc(C(=O)Nc2ccc(O)cc2)cc1. The number of rotatable bonds is 16. The Balaban J connectivity index is 1.50. The molecule has 4 heteroatoms. The van der Waals surface area contributed by atoms with Crippen molar-refractivity contribution >= 4 is 11.6 Å². The van der Waals surface area contributed by atoms with Crippen molar-refractivity contribution in [2.45, 2.75) is 84.0 Å². The van der Waals surface area contributed by atoms with E-state index in [4.69, 9.17) is 4.74 Å². The molecule has 0 spiro atoms. The number of aromatic hydroxyl groups is 1. The number of hydrogen-bond donors (Lipinski definition) is 2. The van der Waals surface area contributed by atoms with E-state index < -0.39 is 0 Å². The summed E-state index contributed by atoms with van der Waals surface area (Å²) < 4.78 is 5.80. The number of nitrogens with one attached hydrogen (secondary N) is 1. The Morgan fingerprint density at radius 2 is 1.26 bits per heavy atom. The monoisotopic (exact) mass is 425 g/mol. The molecule has 0 fully saturated rings. The van der Waals surface area contributed by atoms with Gasteiger partial charge in [0.15, 0.2) is 0 Å². The van der Waals surface area contributed by atoms with Gasteiger partial charge in [-0.25, -0.2) is 0 Å². The molecule has 2 aromatic carbocycles. The van der Waals surface area contributed by atoms with Gasteiger partial charge in [-0.2, -0.15) is 0 Å². The average molecular weight is 426 g/mol. The lowest BCUT2D eigenvalue weighted by Crippen LogP contribution is -2.11. The van der Waals surface area contributed by atoms with Crippen LogP contribution >= 0.6 is 0 Å². The third-order valence-electron chi connectivity index (χ3n) is 5.51. The summed E-state index contributed by atoms with van der Waals surface area (Å²) in [5, 5.41) is 12.1. The lowest BCUT2D eigenvalue weighted by Gasteiger charge is -2.08. The van der Waals surface area contributed by atoms with Crippen LogP contribution in [0.5, 0.6) is 11.5 Å². The second-order valence-electron chi connectivity index (χ2n) is 8.26. The zero-order valence-corrected chi connectivity index (χ0v) is 19.1. The highest BCUT2D eigenvalue weighted by Crippen LogP contribution is 2.17. The van der Waals surface area contributed by atoms with Gasteiger partial charge in [0.2, 0.25) is 0 Å². The van der Waals surface area contributed by atoms with Crippen molar-refractivity contribution in [1.82, 2.24) is 0 Å². The maximum Gasteiger partial charge on any atom is 0.255 e. The minimum absolute atomic E-state index is 0.174. The second kappa shape index (κ2) is 15.3. The molecule has 1 amide bonds. The molecule has 0 radical (unpaired) electrons. The van der Waals surface area contributed by atoms with Crippen molar-refractivity contribution in [3.8, 4) is 11.5 Å². The molecule has 31 heavy (non-hydrogen) atoms. The number of ether oxygens (including phenoxy) is 1. The van der Waals surface area contributed by atoms with Gasteiger partial charge in [-0.05, 0) is 55.0 Å². The van der Waals surface area contributed by atoms with Crippen LogP contribution in [0.15, 0.2) is 48.5 Å². The van der Waals surface area contributed by atoms with Crippen LogP contribution in [0.3, 0.4) is 0 Å². The van der Waals surface area contributed by atoms with Crippen LogP contribution < -0.4 is 10.1 Å². The summed E-state index contributed by atoms with van der Waals surface area (Å²) in [5.74, 6) is 0.787. The van der Waals surface area contributed by atoms with Gasteiger partial charge >= 0.3 is 0 Å². The van der Waals surface area contributed by atoms with Crippen LogP contribution in [-0.2, 0) is 0 Å². The summed E-state index contributed by atoms with van der Waals surface area (Å²) in [6.07, 6.45) is 16.0. The fraction of sp³-hybridized carbons (Fsp3) is 0.519. The quantitative estimate of drug-likeness (QED) is 0.214. The van der Waals surface area contributed by atoms with E-state index in [1.165, 1.54) is 70.6 Å². The fourth-order valence-corrected chi connectivity index (χ4v) is 3.58. The Labute approximate surface area is 188 Å². The van der Waals surface area contributed by atoms with Gasteiger partial charge in [-0.3, -0.25) is 4.79 Å². The van der Waals surface area contributed by atoms with E-state index in [0.29, 0.717) is 11.3 Å². The van der Waals surface area contributed by atoms with E-state index in [2.05, 4.69) is 12.2 Å². The summed E-state index contributed by atoms with van der Waals surface area (Å²) >= 11 is 0. The number of benzene rings is 2. The minimum atomic E-state index is -0.182. The number of carbonyl (C=O) groups is 1. The Bertz CT molecular complexity index is 725. The number of carbonyl (C=O) groups excluding carboxylic acids is 1. The predicted molar refractivity (Wildman–Crippen MR) is 129 cm³/mol. The number of phenolic OH excluding ortho intramolecular Hbond substituents is 1. The Hall–Kier alpha value is -2.49. The molecule has 170 valence electrons. The first-order valence-electron chi connectivity index (χ1n) is 12.0. The van der Waals surface area contributed by atoms with Crippen LogP contribution in [-0.4, -0.2) is 17.6 Å². The number of unbranched alkanes of at least 4 members (excludes halogenated alkanes) is 11. The molecule has 2 aromatic rings. The molecule has 0 aliphatic heterocycles. The number of hydrogen-bond acceptors (Lipinski definition) is 3. The molecule has 0 bridgehead atoms. The zero-order valence-electron chi connectivity index (χ0n) is 19.1. The van der Waals surface area contributed by atoms with Crippen molar-refractivity contribution in [1.29, 1.82) is 0 Å². The highest BCUT2D eigenvalue weighted by molar-refractivity contribution is 6.04. The van der Waals surface area contributed by atoms with Crippen molar-refractivity contribution in [3.63, 3.8) is 0 Å². The predicted octanol–water partition coefficient (Wildman–Crippen LogP) is 7.72. The summed E-state index contributed by atoms with van der Waals surface area (Å²) in [5.41, 5.74) is 1.22. The topological polar surface area (TPSA) is 58.6 Å². The average Bonchev–Trinajstić information content (AvgIpc) is 2.79. The third kappa shape index (κ3) is 10.9. The molecule has 0 atom stereocenters. The van der Waals surface area contributed by atoms with E-state index >= 15 is 0 Å². The molecule has 0 unspecified atom stereocenters. The summed E-state index contributed by atoms with van der Waals surface area (Å²) in [6.45, 7) is 2.99. The van der Waals surface area contributed by atoms with Crippen molar-refractivity contribution in [2.75, 3.05) is 11.9 Å². The molecule has 0 aliphatic carbocycles. The standard InChI is InChI=1S/C27H39NO3/c1-2-3-4-5-6-7-8-9-10-11-12-13-22-31-26-20-14-23(15-21-26)27(30)28-24-16-18-25(29)19-17-24/h14-21,29H,2-13,22H2,1H3,(H,28,30). The largest absolute Gasteiger partial charge is 0.508 e. The Morgan fingerprint density at radius 1 is 0.742 bits per heavy atom. The first-order valence-corrected chi connectivity index (χ1v) is 12.0. The molecule has 0 aromatic heterocycles. The van der Waals surface area contributed by atoms with Gasteiger partial charge in [0.1, 0.15) is 11.5 Å². The van der Waals surface area contributed by atoms with E-state index in [9.17, 15) is 9.90 Å². The lowest BCUT2D eigenvalue weighted by atomic mass is 10.1. The number of phenols is 1. The van der Waals surface area contributed by atoms with E-state index in [1.807, 2.05) is 12.1 Å². The molecule has 4 nitrogen and oxygen atoms in total. The summed E-state index contributed by atoms with van der Waals surface area (Å²) in [6, 6.07) is 13.6. The highest BCUT2D eigenvalue weighted by atomic mass is 16.5. The van der Waals surface area contributed by atoms with E-state index in [-0.39, 0.29) is 11.7 Å². The smallest absolute Gasteiger partial charge is 0.255 e. The molecular weight excluding hydrogens is 386 g/mol. The van der Waals surface area contributed by atoms with Gasteiger partial charge in [0.25, 0.3) is 5.91 Å². The Morgan fingerprint density at radius 3 is 1.81 bits per heavy atom. The van der Waals surface area contributed by atoms with E-state index in [1.54, 1.807) is 36.4 Å². The van der Waals surface area contributed by atoms with Gasteiger partial charge in [-0.15, -0.1) is 0 Å². The minimum Gasteiger partial charge on any atom is -0.508 e. The molecule has 0 saturated heterocycles. The van der Waals surface area contributed by atoms with Crippen LogP contribution in [0.25, 0.3) is 0 Å². The number of amides is 1. The maximum absolute atomic E-state index is 12.3. The molecule has 2 N–H and O–H groups in total. The van der Waals surface area contributed by atoms with Gasteiger partial charge in [0.05, 0.1) is 6.61 Å². The molecule has 0 saturated carbocycles. The van der Waals surface area contributed by atoms with Crippen LogP contribution in [0.1, 0.15) is 94.3 Å². The van der Waals surface area contributed by atoms with Gasteiger partial charge in [-0.1, -0.05) is 77.6 Å². The van der Waals surface area contributed by atoms with Crippen LogP contribution in [0.2, 0.25) is 0 Å². The van der Waals surface area contributed by atoms with Crippen molar-refractivity contribution in [2.24, 2.45) is 0 Å². The first kappa shape index (κ1) is 24.8. The summed E-state index contributed by atoms with van der Waals surface area (Å²) in [7, 11) is 0. The van der Waals surface area contributed by atoms with Crippen molar-refractivity contribution in [3.05, 3.63) is 54.1 Å². The van der Waals surface area contributed by atoms with Crippen molar-refractivity contribution < 1.29 is 14.6 Å². The molecule has 0 heterocycles. The molecule has 0 aliphatic rings. The number of anilines is 1. The first-order chi connectivity index (χ1) is 15.2. The van der Waals surface area contributed by atoms with E-state index in [0.717, 1.165) is 18.8 Å². The van der Waals surface area contributed by atoms with Gasteiger partial charge < -0.3 is 15.2 Å².